The van der Waals surface area contributed by atoms with Gasteiger partial charge in [-0.3, -0.25) is 4.90 Å². The van der Waals surface area contributed by atoms with Gasteiger partial charge in [-0.2, -0.15) is 5.10 Å². The second-order valence-electron chi connectivity index (χ2n) is 8.09. The smallest absolute Gasteiger partial charge is 0.138 e. The Morgan fingerprint density at radius 1 is 1.10 bits per heavy atom. The molecule has 0 saturated carbocycles. The molecule has 1 unspecified atom stereocenters. The molecule has 30 heavy (non-hydrogen) atoms. The van der Waals surface area contributed by atoms with Crippen LogP contribution in [0.2, 0.25) is 0 Å². The van der Waals surface area contributed by atoms with Crippen LogP contribution in [0.3, 0.4) is 0 Å². The van der Waals surface area contributed by atoms with Crippen LogP contribution in [0.5, 0.6) is 0 Å². The van der Waals surface area contributed by atoms with E-state index in [1.54, 1.807) is 12.7 Å². The molecule has 0 amide bonds. The van der Waals surface area contributed by atoms with Crippen LogP contribution in [0, 0.1) is 0 Å². The van der Waals surface area contributed by atoms with Crippen LogP contribution in [0.1, 0.15) is 24.0 Å². The fourth-order valence-electron chi connectivity index (χ4n) is 4.50. The molecule has 154 valence electrons. The van der Waals surface area contributed by atoms with E-state index in [2.05, 4.69) is 80.0 Å². The Morgan fingerprint density at radius 3 is 2.90 bits per heavy atom. The van der Waals surface area contributed by atoms with E-state index in [-0.39, 0.29) is 0 Å². The van der Waals surface area contributed by atoms with Gasteiger partial charge < -0.3 is 10.3 Å². The predicted octanol–water partition coefficient (Wildman–Crippen LogP) is 3.55. The maximum absolute atomic E-state index is 4.26. The molecule has 6 nitrogen and oxygen atoms in total. The molecule has 4 aromatic rings. The summed E-state index contributed by atoms with van der Waals surface area (Å²) < 4.78 is 1.81. The van der Waals surface area contributed by atoms with Crippen molar-refractivity contribution in [3.63, 3.8) is 0 Å². The molecule has 1 fully saturated rings. The molecule has 1 aliphatic rings. The molecule has 1 saturated heterocycles. The Kier molecular flexibility index (Phi) is 5.59. The fourth-order valence-corrected chi connectivity index (χ4v) is 4.50. The van der Waals surface area contributed by atoms with Crippen LogP contribution < -0.4 is 5.32 Å². The molecule has 2 aromatic carbocycles. The lowest BCUT2D eigenvalue weighted by Gasteiger charge is -2.36. The van der Waals surface area contributed by atoms with E-state index in [9.17, 15) is 0 Å². The van der Waals surface area contributed by atoms with Gasteiger partial charge >= 0.3 is 0 Å². The van der Waals surface area contributed by atoms with Crippen molar-refractivity contribution in [2.24, 2.45) is 0 Å². The van der Waals surface area contributed by atoms with E-state index in [0.717, 1.165) is 38.3 Å². The first-order valence-electron chi connectivity index (χ1n) is 10.8. The standard InChI is InChI=1S/C24H28N6/c1-2-5-19(6-3-1)16-29-12-11-25-15-22(29)8-4-7-20-14-27-24-10-9-21(13-23(20)24)30-18-26-17-28-30/h1-3,5-6,9-10,13-14,17-18,22,25,27H,4,7-8,11-12,15-16H2. The first-order chi connectivity index (χ1) is 14.9. The van der Waals surface area contributed by atoms with Crippen LogP contribution in [-0.4, -0.2) is 50.3 Å². The number of piperazine rings is 1. The lowest BCUT2D eigenvalue weighted by molar-refractivity contribution is 0.143. The van der Waals surface area contributed by atoms with Gasteiger partial charge in [0, 0.05) is 49.3 Å². The van der Waals surface area contributed by atoms with Gasteiger partial charge in [0.2, 0.25) is 0 Å². The largest absolute Gasteiger partial charge is 0.361 e. The third kappa shape index (κ3) is 4.15. The minimum Gasteiger partial charge on any atom is -0.361 e. The van der Waals surface area contributed by atoms with Crippen LogP contribution in [-0.2, 0) is 13.0 Å². The summed E-state index contributed by atoms with van der Waals surface area (Å²) in [5.74, 6) is 0. The van der Waals surface area contributed by atoms with Crippen molar-refractivity contribution >= 4 is 10.9 Å². The lowest BCUT2D eigenvalue weighted by Crippen LogP contribution is -2.50. The number of hydrogen-bond donors (Lipinski definition) is 2. The topological polar surface area (TPSA) is 61.8 Å². The average molecular weight is 401 g/mol. The molecular formula is C24H28N6. The summed E-state index contributed by atoms with van der Waals surface area (Å²) in [5.41, 5.74) is 5.01. The van der Waals surface area contributed by atoms with Crippen molar-refractivity contribution < 1.29 is 0 Å². The van der Waals surface area contributed by atoms with Crippen LogP contribution in [0.15, 0.2) is 67.4 Å². The molecule has 0 aliphatic carbocycles. The molecule has 0 bridgehead atoms. The van der Waals surface area contributed by atoms with Gasteiger partial charge in [0.15, 0.2) is 0 Å². The fraction of sp³-hybridized carbons (Fsp3) is 0.333. The minimum absolute atomic E-state index is 0.592. The van der Waals surface area contributed by atoms with Gasteiger partial charge in [-0.05, 0) is 48.6 Å². The van der Waals surface area contributed by atoms with Gasteiger partial charge in [-0.1, -0.05) is 30.3 Å². The van der Waals surface area contributed by atoms with Gasteiger partial charge in [-0.25, -0.2) is 9.67 Å². The number of aryl methyl sites for hydroxylation is 1. The molecule has 2 aromatic heterocycles. The van der Waals surface area contributed by atoms with E-state index in [1.165, 1.54) is 34.9 Å². The summed E-state index contributed by atoms with van der Waals surface area (Å²) >= 11 is 0. The van der Waals surface area contributed by atoms with E-state index < -0.39 is 0 Å². The third-order valence-corrected chi connectivity index (χ3v) is 6.12. The second-order valence-corrected chi connectivity index (χ2v) is 8.09. The average Bonchev–Trinajstić information content (AvgIpc) is 3.46. The molecule has 1 atom stereocenters. The van der Waals surface area contributed by atoms with Gasteiger partial charge in [0.1, 0.15) is 12.7 Å². The minimum atomic E-state index is 0.592. The Morgan fingerprint density at radius 2 is 2.03 bits per heavy atom. The summed E-state index contributed by atoms with van der Waals surface area (Å²) in [5, 5.41) is 9.12. The second kappa shape index (κ2) is 8.81. The van der Waals surface area contributed by atoms with Crippen molar-refractivity contribution in [3.05, 3.63) is 78.5 Å². The highest BCUT2D eigenvalue weighted by Crippen LogP contribution is 2.24. The Hall–Kier alpha value is -2.96. The van der Waals surface area contributed by atoms with Crippen LogP contribution >= 0.6 is 0 Å². The molecular weight excluding hydrogens is 372 g/mol. The van der Waals surface area contributed by atoms with Crippen LogP contribution in [0.25, 0.3) is 16.6 Å². The zero-order valence-corrected chi connectivity index (χ0v) is 17.2. The summed E-state index contributed by atoms with van der Waals surface area (Å²) in [6.45, 7) is 4.32. The highest BCUT2D eigenvalue weighted by atomic mass is 15.3. The zero-order chi connectivity index (χ0) is 20.2. The third-order valence-electron chi connectivity index (χ3n) is 6.12. The number of H-pyrrole nitrogens is 1. The Bertz CT molecular complexity index is 1070. The number of hydrogen-bond acceptors (Lipinski definition) is 4. The number of rotatable bonds is 7. The van der Waals surface area contributed by atoms with Crippen molar-refractivity contribution in [1.29, 1.82) is 0 Å². The zero-order valence-electron chi connectivity index (χ0n) is 17.2. The monoisotopic (exact) mass is 400 g/mol. The van der Waals surface area contributed by atoms with Gasteiger partial charge in [0.25, 0.3) is 0 Å². The van der Waals surface area contributed by atoms with Crippen molar-refractivity contribution in [2.45, 2.75) is 31.8 Å². The quantitative estimate of drug-likeness (QED) is 0.498. The van der Waals surface area contributed by atoms with E-state index in [4.69, 9.17) is 0 Å². The van der Waals surface area contributed by atoms with Crippen molar-refractivity contribution in [3.8, 4) is 5.69 Å². The van der Waals surface area contributed by atoms with Gasteiger partial charge in [0.05, 0.1) is 5.69 Å². The summed E-state index contributed by atoms with van der Waals surface area (Å²) in [6.07, 6.45) is 8.94. The molecule has 2 N–H and O–H groups in total. The number of nitrogens with zero attached hydrogens (tertiary/aromatic N) is 4. The Labute approximate surface area is 176 Å². The maximum atomic E-state index is 4.26. The van der Waals surface area contributed by atoms with E-state index >= 15 is 0 Å². The Balaban J connectivity index is 1.24. The van der Waals surface area contributed by atoms with E-state index in [0.29, 0.717) is 6.04 Å². The molecule has 0 radical (unpaired) electrons. The SMILES string of the molecule is c1ccc(CN2CCNCC2CCCc2c[nH]c3ccc(-n4cncn4)cc23)cc1. The summed E-state index contributed by atoms with van der Waals surface area (Å²) in [4.78, 5) is 10.1. The molecule has 6 heteroatoms. The number of aromatic nitrogens is 4. The van der Waals surface area contributed by atoms with Crippen LogP contribution in [0.4, 0.5) is 0 Å². The van der Waals surface area contributed by atoms with Gasteiger partial charge in [-0.15, -0.1) is 0 Å². The first-order valence-corrected chi connectivity index (χ1v) is 10.8. The lowest BCUT2D eigenvalue weighted by atomic mass is 10.0. The maximum Gasteiger partial charge on any atom is 0.138 e. The first kappa shape index (κ1) is 19.0. The normalized spacial score (nSPS) is 17.5. The highest BCUT2D eigenvalue weighted by molar-refractivity contribution is 5.85. The molecule has 0 spiro atoms. The number of benzene rings is 2. The number of aromatic amines is 1. The predicted molar refractivity (Wildman–Crippen MR) is 120 cm³/mol. The summed E-state index contributed by atoms with van der Waals surface area (Å²) in [6, 6.07) is 17.8. The number of nitrogens with one attached hydrogen (secondary N) is 2. The molecule has 3 heterocycles. The molecule has 1 aliphatic heterocycles. The van der Waals surface area contributed by atoms with Crippen molar-refractivity contribution in [1.82, 2.24) is 30.0 Å². The number of fused-ring (bicyclic) bond motifs is 1. The highest BCUT2D eigenvalue weighted by Gasteiger charge is 2.22. The van der Waals surface area contributed by atoms with E-state index in [1.807, 2.05) is 4.68 Å². The van der Waals surface area contributed by atoms with Crippen molar-refractivity contribution in [2.75, 3.05) is 19.6 Å². The summed E-state index contributed by atoms with van der Waals surface area (Å²) in [7, 11) is 0. The molecule has 5 rings (SSSR count).